The molecule has 1 aliphatic rings. The summed E-state index contributed by atoms with van der Waals surface area (Å²) in [7, 11) is 0. The van der Waals surface area contributed by atoms with Crippen molar-refractivity contribution in [3.63, 3.8) is 0 Å². The van der Waals surface area contributed by atoms with E-state index in [0.717, 1.165) is 12.1 Å². The molecule has 3 rings (SSSR count). The number of anilines is 1. The quantitative estimate of drug-likeness (QED) is 0.770. The summed E-state index contributed by atoms with van der Waals surface area (Å²) in [5.41, 5.74) is 0.267. The first-order valence-electron chi connectivity index (χ1n) is 9.48. The number of carbonyl (C=O) groups excluding carboxylic acids is 2. The lowest BCUT2D eigenvalue weighted by Gasteiger charge is -2.36. The van der Waals surface area contributed by atoms with Crippen molar-refractivity contribution in [2.45, 2.75) is 12.6 Å². The third-order valence-corrected chi connectivity index (χ3v) is 5.15. The van der Waals surface area contributed by atoms with Crippen LogP contribution in [0.5, 0.6) is 0 Å². The molecule has 0 aromatic heterocycles. The summed E-state index contributed by atoms with van der Waals surface area (Å²) in [6.07, 6.45) is -4.23. The largest absolute Gasteiger partial charge is 0.416 e. The van der Waals surface area contributed by atoms with Gasteiger partial charge in [-0.25, -0.2) is 0 Å². The fourth-order valence-corrected chi connectivity index (χ4v) is 3.36. The SMILES string of the molecule is O=C(NCCC(=O)N1CCN(c2cccc(C(F)(F)F)c2)CC1)c1ccc(Cl)cc1. The summed E-state index contributed by atoms with van der Waals surface area (Å²) >= 11 is 5.79. The van der Waals surface area contributed by atoms with Crippen LogP contribution in [-0.2, 0) is 11.0 Å². The zero-order chi connectivity index (χ0) is 21.7. The molecule has 0 aliphatic carbocycles. The summed E-state index contributed by atoms with van der Waals surface area (Å²) in [6.45, 7) is 1.93. The number of nitrogens with one attached hydrogen (secondary N) is 1. The van der Waals surface area contributed by atoms with Gasteiger partial charge in [-0.05, 0) is 42.5 Å². The van der Waals surface area contributed by atoms with Crippen LogP contribution in [0.15, 0.2) is 48.5 Å². The Kier molecular flexibility index (Phi) is 6.87. The van der Waals surface area contributed by atoms with E-state index in [1.54, 1.807) is 35.2 Å². The lowest BCUT2D eigenvalue weighted by Crippen LogP contribution is -2.49. The van der Waals surface area contributed by atoms with Crippen LogP contribution in [0.1, 0.15) is 22.3 Å². The minimum Gasteiger partial charge on any atom is -0.368 e. The molecule has 1 saturated heterocycles. The van der Waals surface area contributed by atoms with Gasteiger partial charge in [-0.15, -0.1) is 0 Å². The van der Waals surface area contributed by atoms with Gasteiger partial charge in [-0.1, -0.05) is 17.7 Å². The summed E-state index contributed by atoms with van der Waals surface area (Å²) in [6, 6.07) is 11.6. The number of halogens is 4. The van der Waals surface area contributed by atoms with Crippen LogP contribution in [0.3, 0.4) is 0 Å². The van der Waals surface area contributed by atoms with E-state index in [4.69, 9.17) is 11.6 Å². The van der Waals surface area contributed by atoms with E-state index in [1.807, 2.05) is 4.90 Å². The molecule has 0 unspecified atom stereocenters. The molecule has 0 saturated carbocycles. The first-order valence-corrected chi connectivity index (χ1v) is 9.85. The van der Waals surface area contributed by atoms with E-state index < -0.39 is 11.7 Å². The summed E-state index contributed by atoms with van der Waals surface area (Å²) in [5.74, 6) is -0.385. The van der Waals surface area contributed by atoms with Crippen LogP contribution in [0.2, 0.25) is 5.02 Å². The zero-order valence-corrected chi connectivity index (χ0v) is 16.8. The van der Waals surface area contributed by atoms with Gasteiger partial charge in [-0.2, -0.15) is 13.2 Å². The van der Waals surface area contributed by atoms with E-state index in [2.05, 4.69) is 5.32 Å². The minimum absolute atomic E-state index is 0.102. The molecule has 2 aromatic rings. The number of hydrogen-bond donors (Lipinski definition) is 1. The van der Waals surface area contributed by atoms with Crippen molar-refractivity contribution in [1.29, 1.82) is 0 Å². The maximum Gasteiger partial charge on any atom is 0.416 e. The van der Waals surface area contributed by atoms with Gasteiger partial charge in [0.15, 0.2) is 0 Å². The topological polar surface area (TPSA) is 52.7 Å². The van der Waals surface area contributed by atoms with Crippen LogP contribution in [0, 0.1) is 0 Å². The number of amides is 2. The second-order valence-electron chi connectivity index (χ2n) is 6.93. The average molecular weight is 440 g/mol. The van der Waals surface area contributed by atoms with Gasteiger partial charge in [0.2, 0.25) is 5.91 Å². The van der Waals surface area contributed by atoms with Crippen molar-refractivity contribution < 1.29 is 22.8 Å². The smallest absolute Gasteiger partial charge is 0.368 e. The van der Waals surface area contributed by atoms with E-state index in [9.17, 15) is 22.8 Å². The summed E-state index contributed by atoms with van der Waals surface area (Å²) < 4.78 is 38.7. The second-order valence-corrected chi connectivity index (χ2v) is 7.37. The van der Waals surface area contributed by atoms with E-state index in [1.165, 1.54) is 6.07 Å². The molecule has 1 N–H and O–H groups in total. The molecule has 9 heteroatoms. The number of benzene rings is 2. The predicted octanol–water partition coefficient (Wildman–Crippen LogP) is 3.83. The zero-order valence-electron chi connectivity index (χ0n) is 16.1. The summed E-state index contributed by atoms with van der Waals surface area (Å²) in [4.78, 5) is 27.9. The van der Waals surface area contributed by atoms with Crippen molar-refractivity contribution >= 4 is 29.1 Å². The van der Waals surface area contributed by atoms with Crippen molar-refractivity contribution in [1.82, 2.24) is 10.2 Å². The molecule has 160 valence electrons. The van der Waals surface area contributed by atoms with Gasteiger partial charge in [0.05, 0.1) is 5.56 Å². The summed E-state index contributed by atoms with van der Waals surface area (Å²) in [5, 5.41) is 3.23. The Hall–Kier alpha value is -2.74. The highest BCUT2D eigenvalue weighted by Crippen LogP contribution is 2.31. The minimum atomic E-state index is -4.38. The Morgan fingerprint density at radius 1 is 1.00 bits per heavy atom. The third-order valence-electron chi connectivity index (χ3n) is 4.90. The van der Waals surface area contributed by atoms with Crippen molar-refractivity contribution in [3.8, 4) is 0 Å². The molecule has 0 atom stereocenters. The number of hydrogen-bond acceptors (Lipinski definition) is 3. The van der Waals surface area contributed by atoms with Gasteiger partial charge in [-0.3, -0.25) is 9.59 Å². The molecule has 1 fully saturated rings. The van der Waals surface area contributed by atoms with Crippen LogP contribution in [0.4, 0.5) is 18.9 Å². The van der Waals surface area contributed by atoms with E-state index in [-0.39, 0.29) is 24.8 Å². The predicted molar refractivity (Wildman–Crippen MR) is 109 cm³/mol. The molecular formula is C21H21ClF3N3O2. The maximum atomic E-state index is 12.9. The van der Waals surface area contributed by atoms with E-state index >= 15 is 0 Å². The fraction of sp³-hybridized carbons (Fsp3) is 0.333. The number of alkyl halides is 3. The van der Waals surface area contributed by atoms with Crippen LogP contribution in [-0.4, -0.2) is 49.4 Å². The Bertz CT molecular complexity index is 895. The maximum absolute atomic E-state index is 12.9. The first-order chi connectivity index (χ1) is 14.2. The highest BCUT2D eigenvalue weighted by molar-refractivity contribution is 6.30. The number of carbonyl (C=O) groups is 2. The van der Waals surface area contributed by atoms with Gasteiger partial charge in [0.1, 0.15) is 0 Å². The van der Waals surface area contributed by atoms with Gasteiger partial charge in [0, 0.05) is 55.4 Å². The monoisotopic (exact) mass is 439 g/mol. The van der Waals surface area contributed by atoms with Gasteiger partial charge >= 0.3 is 6.18 Å². The van der Waals surface area contributed by atoms with E-state index in [0.29, 0.717) is 42.5 Å². The Labute approximate surface area is 177 Å². The number of nitrogens with zero attached hydrogens (tertiary/aromatic N) is 2. The van der Waals surface area contributed by atoms with Crippen molar-refractivity contribution in [2.24, 2.45) is 0 Å². The lowest BCUT2D eigenvalue weighted by molar-refractivity contribution is -0.137. The molecule has 2 amide bonds. The molecule has 0 radical (unpaired) electrons. The van der Waals surface area contributed by atoms with Crippen molar-refractivity contribution in [3.05, 3.63) is 64.7 Å². The second kappa shape index (κ2) is 9.38. The normalized spacial score (nSPS) is 14.5. The Morgan fingerprint density at radius 3 is 2.30 bits per heavy atom. The first kappa shape index (κ1) is 22.0. The third kappa shape index (κ3) is 5.66. The number of rotatable bonds is 5. The molecular weight excluding hydrogens is 419 g/mol. The Balaban J connectivity index is 1.45. The lowest BCUT2D eigenvalue weighted by atomic mass is 10.1. The standard InChI is InChI=1S/C21H21ClF3N3O2/c22-17-6-4-15(5-7-17)20(30)26-9-8-19(29)28-12-10-27(11-13-28)18-3-1-2-16(14-18)21(23,24)25/h1-7,14H,8-13H2,(H,26,30). The average Bonchev–Trinajstić information content (AvgIpc) is 2.73. The number of piperazine rings is 1. The molecule has 0 bridgehead atoms. The molecule has 1 heterocycles. The molecule has 30 heavy (non-hydrogen) atoms. The Morgan fingerprint density at radius 2 is 1.67 bits per heavy atom. The van der Waals surface area contributed by atoms with Crippen LogP contribution < -0.4 is 10.2 Å². The van der Waals surface area contributed by atoms with Gasteiger partial charge in [0.25, 0.3) is 5.91 Å². The van der Waals surface area contributed by atoms with Gasteiger partial charge < -0.3 is 15.1 Å². The fourth-order valence-electron chi connectivity index (χ4n) is 3.24. The van der Waals surface area contributed by atoms with Crippen LogP contribution >= 0.6 is 11.6 Å². The van der Waals surface area contributed by atoms with Crippen LogP contribution in [0.25, 0.3) is 0 Å². The molecule has 1 aliphatic heterocycles. The molecule has 5 nitrogen and oxygen atoms in total. The molecule has 2 aromatic carbocycles. The highest BCUT2D eigenvalue weighted by Gasteiger charge is 2.31. The van der Waals surface area contributed by atoms with Crippen molar-refractivity contribution in [2.75, 3.05) is 37.6 Å². The highest BCUT2D eigenvalue weighted by atomic mass is 35.5. The molecule has 0 spiro atoms.